The SMILES string of the molecule is COc1nc(-c2nc(Nc3ccc(N4CCN(C(=O)OC(C)(C)C)CC4)cn3)ncc2F)cc2c1nc(C)n2C(C)C. The molecular weight excluding hydrogens is 541 g/mol. The second kappa shape index (κ2) is 11.4. The summed E-state index contributed by atoms with van der Waals surface area (Å²) < 4.78 is 28.0. The molecule has 5 rings (SSSR count). The first kappa shape index (κ1) is 29.0. The first-order chi connectivity index (χ1) is 19.9. The smallest absolute Gasteiger partial charge is 0.410 e. The van der Waals surface area contributed by atoms with Gasteiger partial charge in [0, 0.05) is 32.2 Å². The summed E-state index contributed by atoms with van der Waals surface area (Å²) in [4.78, 5) is 38.4. The number of carbonyl (C=O) groups is 1. The Morgan fingerprint density at radius 3 is 2.40 bits per heavy atom. The van der Waals surface area contributed by atoms with Gasteiger partial charge in [0.05, 0.1) is 36.4 Å². The predicted molar refractivity (Wildman–Crippen MR) is 158 cm³/mol. The number of hydrogen-bond acceptors (Lipinski definition) is 10. The van der Waals surface area contributed by atoms with Crippen molar-refractivity contribution in [3.05, 3.63) is 42.2 Å². The number of fused-ring (bicyclic) bond motifs is 1. The summed E-state index contributed by atoms with van der Waals surface area (Å²) in [7, 11) is 1.51. The molecule has 4 aromatic rings. The van der Waals surface area contributed by atoms with Crippen LogP contribution in [0.25, 0.3) is 22.4 Å². The quantitative estimate of drug-likeness (QED) is 0.330. The summed E-state index contributed by atoms with van der Waals surface area (Å²) in [6.45, 7) is 14.0. The van der Waals surface area contributed by atoms with Crippen LogP contribution in [0, 0.1) is 12.7 Å². The van der Waals surface area contributed by atoms with Crippen LogP contribution in [0.2, 0.25) is 0 Å². The third kappa shape index (κ3) is 6.04. The monoisotopic (exact) mass is 577 g/mol. The number of nitrogens with zero attached hydrogens (tertiary/aromatic N) is 8. The standard InChI is InChI=1S/C29H36FN9O3/c1-17(2)39-18(3)33-25-22(39)14-21(34-26(25)41-7)24-20(30)16-32-27(36-24)35-23-9-8-19(15-31-23)37-10-12-38(13-11-37)28(40)42-29(4,5)6/h8-9,14-17H,10-13H2,1-7H3,(H,31,32,35,36). The number of hydrogen-bond donors (Lipinski definition) is 1. The number of aryl methyl sites for hydroxylation is 1. The zero-order valence-electron chi connectivity index (χ0n) is 25.0. The van der Waals surface area contributed by atoms with Crippen molar-refractivity contribution in [2.45, 2.75) is 53.2 Å². The van der Waals surface area contributed by atoms with Crippen LogP contribution in [0.1, 0.15) is 46.5 Å². The van der Waals surface area contributed by atoms with Crippen LogP contribution >= 0.6 is 0 Å². The van der Waals surface area contributed by atoms with Gasteiger partial charge in [0.1, 0.15) is 22.9 Å². The Bertz CT molecular complexity index is 1590. The predicted octanol–water partition coefficient (Wildman–Crippen LogP) is 5.12. The minimum atomic E-state index is -0.615. The average Bonchev–Trinajstić information content (AvgIpc) is 3.29. The van der Waals surface area contributed by atoms with Crippen molar-refractivity contribution in [2.24, 2.45) is 0 Å². The molecule has 0 aromatic carbocycles. The Balaban J connectivity index is 1.32. The lowest BCUT2D eigenvalue weighted by molar-refractivity contribution is 0.0240. The highest BCUT2D eigenvalue weighted by atomic mass is 19.1. The molecule has 1 aliphatic rings. The third-order valence-corrected chi connectivity index (χ3v) is 6.80. The molecule has 4 aromatic heterocycles. The van der Waals surface area contributed by atoms with E-state index in [4.69, 9.17) is 9.47 Å². The molecule has 1 amide bonds. The van der Waals surface area contributed by atoms with Crippen molar-refractivity contribution in [1.82, 2.24) is 34.4 Å². The van der Waals surface area contributed by atoms with E-state index in [-0.39, 0.29) is 23.8 Å². The fraction of sp³-hybridized carbons (Fsp3) is 0.448. The van der Waals surface area contributed by atoms with Gasteiger partial charge in [-0.2, -0.15) is 0 Å². The van der Waals surface area contributed by atoms with Gasteiger partial charge >= 0.3 is 6.09 Å². The molecule has 222 valence electrons. The number of halogens is 1. The summed E-state index contributed by atoms with van der Waals surface area (Å²) >= 11 is 0. The molecule has 1 aliphatic heterocycles. The highest BCUT2D eigenvalue weighted by Gasteiger charge is 2.26. The summed E-state index contributed by atoms with van der Waals surface area (Å²) in [6.07, 6.45) is 2.55. The van der Waals surface area contributed by atoms with Crippen molar-refractivity contribution in [3.63, 3.8) is 0 Å². The van der Waals surface area contributed by atoms with Gasteiger partial charge in [-0.3, -0.25) is 0 Å². The number of aromatic nitrogens is 6. The number of anilines is 3. The van der Waals surface area contributed by atoms with E-state index in [1.807, 2.05) is 38.3 Å². The number of pyridine rings is 2. The maximum absolute atomic E-state index is 15.0. The summed E-state index contributed by atoms with van der Waals surface area (Å²) in [5, 5.41) is 3.05. The highest BCUT2D eigenvalue weighted by Crippen LogP contribution is 2.32. The number of carbonyl (C=O) groups excluding carboxylic acids is 1. The minimum Gasteiger partial charge on any atom is -0.479 e. The van der Waals surface area contributed by atoms with Crippen LogP contribution in [0.3, 0.4) is 0 Å². The second-order valence-electron chi connectivity index (χ2n) is 11.4. The normalized spacial score (nSPS) is 14.0. The van der Waals surface area contributed by atoms with Crippen LogP contribution in [0.15, 0.2) is 30.6 Å². The number of imidazole rings is 1. The summed E-state index contributed by atoms with van der Waals surface area (Å²) in [5.74, 6) is 1.16. The van der Waals surface area contributed by atoms with E-state index in [1.165, 1.54) is 7.11 Å². The minimum absolute atomic E-state index is 0.0290. The molecule has 0 spiro atoms. The van der Waals surface area contributed by atoms with Crippen LogP contribution in [0.5, 0.6) is 5.88 Å². The molecule has 0 atom stereocenters. The van der Waals surface area contributed by atoms with Crippen LogP contribution in [-0.2, 0) is 4.74 Å². The Morgan fingerprint density at radius 1 is 1.05 bits per heavy atom. The third-order valence-electron chi connectivity index (χ3n) is 6.80. The van der Waals surface area contributed by atoms with Gasteiger partial charge < -0.3 is 29.2 Å². The first-order valence-corrected chi connectivity index (χ1v) is 13.9. The Kier molecular flexibility index (Phi) is 7.85. The van der Waals surface area contributed by atoms with E-state index in [0.29, 0.717) is 49.1 Å². The molecule has 0 unspecified atom stereocenters. The first-order valence-electron chi connectivity index (χ1n) is 13.9. The van der Waals surface area contributed by atoms with E-state index in [1.54, 1.807) is 23.2 Å². The fourth-order valence-corrected chi connectivity index (χ4v) is 4.94. The van der Waals surface area contributed by atoms with E-state index >= 15 is 4.39 Å². The Labute approximate surface area is 243 Å². The highest BCUT2D eigenvalue weighted by molar-refractivity contribution is 5.85. The lowest BCUT2D eigenvalue weighted by Crippen LogP contribution is -2.50. The lowest BCUT2D eigenvalue weighted by Gasteiger charge is -2.36. The topological polar surface area (TPSA) is 123 Å². The number of rotatable bonds is 6. The number of methoxy groups -OCH3 is 1. The van der Waals surface area contributed by atoms with Gasteiger partial charge in [0.15, 0.2) is 11.3 Å². The molecule has 12 nitrogen and oxygen atoms in total. The largest absolute Gasteiger partial charge is 0.479 e. The number of piperazine rings is 1. The van der Waals surface area contributed by atoms with Crippen molar-refractivity contribution < 1.29 is 18.7 Å². The molecule has 0 bridgehead atoms. The fourth-order valence-electron chi connectivity index (χ4n) is 4.94. The van der Waals surface area contributed by atoms with Gasteiger partial charge in [-0.15, -0.1) is 0 Å². The molecule has 1 saturated heterocycles. The van der Waals surface area contributed by atoms with Crippen molar-refractivity contribution in [2.75, 3.05) is 43.5 Å². The molecule has 1 fully saturated rings. The number of ether oxygens (including phenoxy) is 2. The summed E-state index contributed by atoms with van der Waals surface area (Å²) in [6, 6.07) is 5.63. The van der Waals surface area contributed by atoms with Gasteiger partial charge in [0.2, 0.25) is 11.8 Å². The molecular formula is C29H36FN9O3. The Morgan fingerprint density at radius 2 is 1.79 bits per heavy atom. The zero-order valence-corrected chi connectivity index (χ0v) is 25.0. The molecule has 13 heteroatoms. The van der Waals surface area contributed by atoms with E-state index in [9.17, 15) is 4.79 Å². The van der Waals surface area contributed by atoms with Crippen LogP contribution < -0.4 is 15.0 Å². The van der Waals surface area contributed by atoms with Crippen molar-refractivity contribution >= 4 is 34.6 Å². The molecule has 5 heterocycles. The van der Waals surface area contributed by atoms with Gasteiger partial charge in [0.25, 0.3) is 0 Å². The van der Waals surface area contributed by atoms with E-state index in [0.717, 1.165) is 23.2 Å². The van der Waals surface area contributed by atoms with Crippen molar-refractivity contribution in [3.8, 4) is 17.3 Å². The lowest BCUT2D eigenvalue weighted by atomic mass is 10.2. The maximum atomic E-state index is 15.0. The molecule has 0 aliphatic carbocycles. The maximum Gasteiger partial charge on any atom is 0.410 e. The zero-order chi connectivity index (χ0) is 30.2. The molecule has 42 heavy (non-hydrogen) atoms. The molecule has 0 saturated carbocycles. The number of nitrogens with one attached hydrogen (secondary N) is 1. The average molecular weight is 578 g/mol. The van der Waals surface area contributed by atoms with E-state index in [2.05, 4.69) is 49.0 Å². The second-order valence-corrected chi connectivity index (χ2v) is 11.4. The van der Waals surface area contributed by atoms with Gasteiger partial charge in [-0.25, -0.2) is 34.1 Å². The van der Waals surface area contributed by atoms with E-state index < -0.39 is 11.4 Å². The number of amides is 1. The molecule has 0 radical (unpaired) electrons. The van der Waals surface area contributed by atoms with Gasteiger partial charge in [-0.1, -0.05) is 0 Å². The van der Waals surface area contributed by atoms with Crippen molar-refractivity contribution in [1.29, 1.82) is 0 Å². The van der Waals surface area contributed by atoms with Crippen LogP contribution in [-0.4, -0.2) is 79.4 Å². The van der Waals surface area contributed by atoms with Crippen LogP contribution in [0.4, 0.5) is 26.6 Å². The Hall–Kier alpha value is -4.55. The molecule has 1 N–H and O–H groups in total. The van der Waals surface area contributed by atoms with Gasteiger partial charge in [-0.05, 0) is 59.7 Å². The summed E-state index contributed by atoms with van der Waals surface area (Å²) in [5.41, 5.74) is 2.12.